The number of hydrogen-bond acceptors (Lipinski definition) is 5. The summed E-state index contributed by atoms with van der Waals surface area (Å²) in [6, 6.07) is 10.7. The lowest BCUT2D eigenvalue weighted by atomic mass is 10.1. The van der Waals surface area contributed by atoms with Gasteiger partial charge in [0.25, 0.3) is 0 Å². The first kappa shape index (κ1) is 19.8. The smallest absolute Gasteiger partial charge is 0.128 e. The predicted molar refractivity (Wildman–Crippen MR) is 117 cm³/mol. The number of halogens is 1. The van der Waals surface area contributed by atoms with E-state index in [2.05, 4.69) is 21.9 Å². The highest BCUT2D eigenvalue weighted by Gasteiger charge is 2.14. The van der Waals surface area contributed by atoms with E-state index in [1.807, 2.05) is 37.5 Å². The normalized spacial score (nSPS) is 11.1. The molecule has 0 saturated heterocycles. The molecule has 2 aromatic carbocycles. The summed E-state index contributed by atoms with van der Waals surface area (Å²) in [6.45, 7) is 2.89. The second kappa shape index (κ2) is 8.49. The lowest BCUT2D eigenvalue weighted by molar-refractivity contribution is 0.411. The van der Waals surface area contributed by atoms with E-state index in [0.29, 0.717) is 5.75 Å². The van der Waals surface area contributed by atoms with Gasteiger partial charge in [0.2, 0.25) is 0 Å². The third-order valence-electron chi connectivity index (χ3n) is 4.98. The first-order valence-electron chi connectivity index (χ1n) is 9.95. The Labute approximate surface area is 175 Å². The molecule has 0 aliphatic rings. The van der Waals surface area contributed by atoms with Gasteiger partial charge < -0.3 is 9.64 Å². The molecule has 4 rings (SSSR count). The van der Waals surface area contributed by atoms with Crippen molar-refractivity contribution in [1.29, 1.82) is 0 Å². The summed E-state index contributed by atoms with van der Waals surface area (Å²) >= 11 is 0. The van der Waals surface area contributed by atoms with Gasteiger partial charge in [-0.25, -0.2) is 9.37 Å². The number of aryl methyl sites for hydroxylation is 1. The van der Waals surface area contributed by atoms with E-state index >= 15 is 0 Å². The predicted octanol–water partition coefficient (Wildman–Crippen LogP) is 5.12. The Balaban J connectivity index is 1.78. The van der Waals surface area contributed by atoms with Crippen molar-refractivity contribution in [2.24, 2.45) is 7.05 Å². The van der Waals surface area contributed by atoms with Gasteiger partial charge in [-0.15, -0.1) is 0 Å². The van der Waals surface area contributed by atoms with Gasteiger partial charge in [-0.3, -0.25) is 9.67 Å². The molecule has 0 atom stereocenters. The lowest BCUT2D eigenvalue weighted by Crippen LogP contribution is -2.18. The molecule has 0 amide bonds. The highest BCUT2D eigenvalue weighted by atomic mass is 19.1. The van der Waals surface area contributed by atoms with Crippen LogP contribution in [0.25, 0.3) is 22.3 Å². The fourth-order valence-electron chi connectivity index (χ4n) is 3.41. The van der Waals surface area contributed by atoms with Crippen LogP contribution in [0.4, 0.5) is 15.8 Å². The van der Waals surface area contributed by atoms with Gasteiger partial charge >= 0.3 is 0 Å². The Morgan fingerprint density at radius 2 is 1.93 bits per heavy atom. The summed E-state index contributed by atoms with van der Waals surface area (Å²) in [5.74, 6) is 0.163. The van der Waals surface area contributed by atoms with Crippen molar-refractivity contribution in [3.8, 4) is 17.0 Å². The Morgan fingerprint density at radius 3 is 2.67 bits per heavy atom. The van der Waals surface area contributed by atoms with Gasteiger partial charge in [-0.05, 0) is 30.7 Å². The van der Waals surface area contributed by atoms with Crippen LogP contribution in [-0.2, 0) is 7.05 Å². The van der Waals surface area contributed by atoms with Crippen LogP contribution < -0.4 is 9.64 Å². The van der Waals surface area contributed by atoms with Crippen LogP contribution in [0.2, 0.25) is 0 Å². The van der Waals surface area contributed by atoms with Crippen LogP contribution in [0, 0.1) is 5.82 Å². The molecule has 2 aromatic heterocycles. The minimum absolute atomic E-state index is 0.328. The quantitative estimate of drug-likeness (QED) is 0.427. The van der Waals surface area contributed by atoms with Crippen LogP contribution in [0.15, 0.2) is 55.0 Å². The summed E-state index contributed by atoms with van der Waals surface area (Å²) in [5, 5.41) is 4.21. The molecule has 0 N–H and O–H groups in total. The average Bonchev–Trinajstić information content (AvgIpc) is 3.19. The maximum absolute atomic E-state index is 14.2. The molecule has 0 saturated carbocycles. The standard InChI is InChI=1S/C23H24FN5O/c1-4-5-8-29(19-9-17(24)10-20(11-19)30-3)18-6-7-21-22(12-18)27-23(14-25-21)16-13-26-28(2)15-16/h6-7,9-15H,4-5,8H2,1-3H3. The van der Waals surface area contributed by atoms with Gasteiger partial charge in [0.1, 0.15) is 11.6 Å². The summed E-state index contributed by atoms with van der Waals surface area (Å²) in [6.07, 6.45) is 7.43. The van der Waals surface area contributed by atoms with Gasteiger partial charge in [-0.2, -0.15) is 5.10 Å². The largest absolute Gasteiger partial charge is 0.497 e. The fraction of sp³-hybridized carbons (Fsp3) is 0.261. The number of hydrogen-bond donors (Lipinski definition) is 0. The van der Waals surface area contributed by atoms with Crippen LogP contribution in [0.5, 0.6) is 5.75 Å². The van der Waals surface area contributed by atoms with E-state index in [1.165, 1.54) is 12.1 Å². The van der Waals surface area contributed by atoms with E-state index in [9.17, 15) is 4.39 Å². The number of benzene rings is 2. The topological polar surface area (TPSA) is 56.1 Å². The van der Waals surface area contributed by atoms with Gasteiger partial charge in [0.15, 0.2) is 0 Å². The average molecular weight is 405 g/mol. The summed E-state index contributed by atoms with van der Waals surface area (Å²) in [5.41, 5.74) is 4.94. The van der Waals surface area contributed by atoms with Crippen LogP contribution in [0.3, 0.4) is 0 Å². The Morgan fingerprint density at radius 1 is 1.07 bits per heavy atom. The van der Waals surface area contributed by atoms with E-state index in [-0.39, 0.29) is 5.82 Å². The van der Waals surface area contributed by atoms with Crippen molar-refractivity contribution in [1.82, 2.24) is 19.7 Å². The molecule has 0 fully saturated rings. The minimum Gasteiger partial charge on any atom is -0.497 e. The van der Waals surface area contributed by atoms with E-state index in [1.54, 1.807) is 24.2 Å². The van der Waals surface area contributed by atoms with Gasteiger partial charge in [0, 0.05) is 48.9 Å². The molecule has 2 heterocycles. The Hall–Kier alpha value is -3.48. The number of ether oxygens (including phenoxy) is 1. The molecular weight excluding hydrogens is 381 g/mol. The SMILES string of the molecule is CCCCN(c1cc(F)cc(OC)c1)c1ccc2ncc(-c3cnn(C)c3)nc2c1. The third kappa shape index (κ3) is 4.10. The molecule has 0 spiro atoms. The lowest BCUT2D eigenvalue weighted by Gasteiger charge is -2.25. The molecule has 0 radical (unpaired) electrons. The van der Waals surface area contributed by atoms with Crippen LogP contribution in [0.1, 0.15) is 19.8 Å². The number of unbranched alkanes of at least 4 members (excludes halogenated alkanes) is 1. The highest BCUT2D eigenvalue weighted by Crippen LogP contribution is 2.32. The van der Waals surface area contributed by atoms with Crippen LogP contribution in [-0.4, -0.2) is 33.4 Å². The van der Waals surface area contributed by atoms with Crippen molar-refractivity contribution < 1.29 is 9.13 Å². The van der Waals surface area contributed by atoms with Crippen molar-refractivity contribution >= 4 is 22.4 Å². The molecular formula is C23H24FN5O. The molecule has 0 bridgehead atoms. The van der Waals surface area contributed by atoms with Gasteiger partial charge in [0.05, 0.1) is 36.2 Å². The number of anilines is 2. The summed E-state index contributed by atoms with van der Waals surface area (Å²) in [7, 11) is 3.41. The Kier molecular flexibility index (Phi) is 5.61. The summed E-state index contributed by atoms with van der Waals surface area (Å²) < 4.78 is 21.2. The molecule has 154 valence electrons. The summed E-state index contributed by atoms with van der Waals surface area (Å²) in [4.78, 5) is 11.4. The molecule has 0 unspecified atom stereocenters. The van der Waals surface area contributed by atoms with E-state index in [0.717, 1.165) is 53.1 Å². The van der Waals surface area contributed by atoms with Crippen molar-refractivity contribution in [3.63, 3.8) is 0 Å². The number of nitrogens with zero attached hydrogens (tertiary/aromatic N) is 5. The molecule has 4 aromatic rings. The first-order valence-corrected chi connectivity index (χ1v) is 9.95. The molecule has 0 aliphatic carbocycles. The van der Waals surface area contributed by atoms with Gasteiger partial charge in [-0.1, -0.05) is 13.3 Å². The molecule has 7 heteroatoms. The second-order valence-electron chi connectivity index (χ2n) is 7.19. The van der Waals surface area contributed by atoms with Crippen molar-refractivity contribution in [3.05, 3.63) is 60.8 Å². The third-order valence-corrected chi connectivity index (χ3v) is 4.98. The molecule has 30 heavy (non-hydrogen) atoms. The first-order chi connectivity index (χ1) is 14.6. The van der Waals surface area contributed by atoms with E-state index < -0.39 is 0 Å². The second-order valence-corrected chi connectivity index (χ2v) is 7.19. The maximum atomic E-state index is 14.2. The van der Waals surface area contributed by atoms with Crippen molar-refractivity contribution in [2.75, 3.05) is 18.6 Å². The molecule has 6 nitrogen and oxygen atoms in total. The number of methoxy groups -OCH3 is 1. The monoisotopic (exact) mass is 405 g/mol. The molecule has 0 aliphatic heterocycles. The van der Waals surface area contributed by atoms with E-state index in [4.69, 9.17) is 9.72 Å². The minimum atomic E-state index is -0.328. The van der Waals surface area contributed by atoms with Crippen molar-refractivity contribution in [2.45, 2.75) is 19.8 Å². The number of fused-ring (bicyclic) bond motifs is 1. The zero-order valence-corrected chi connectivity index (χ0v) is 17.3. The zero-order valence-electron chi connectivity index (χ0n) is 17.3. The Bertz CT molecular complexity index is 1170. The maximum Gasteiger partial charge on any atom is 0.128 e. The number of aromatic nitrogens is 4. The van der Waals surface area contributed by atoms with Crippen LogP contribution >= 0.6 is 0 Å². The fourth-order valence-corrected chi connectivity index (χ4v) is 3.41. The zero-order chi connectivity index (χ0) is 21.1. The highest BCUT2D eigenvalue weighted by molar-refractivity contribution is 5.82. The number of rotatable bonds is 7.